The minimum Gasteiger partial charge on any atom is -0.457 e. The highest BCUT2D eigenvalue weighted by molar-refractivity contribution is 5.91. The van der Waals surface area contributed by atoms with E-state index in [-0.39, 0.29) is 0 Å². The molecule has 0 saturated heterocycles. The number of nitrogen functional groups attached to an aromatic ring is 1. The predicted octanol–water partition coefficient (Wildman–Crippen LogP) is 5.46. The third-order valence-electron chi connectivity index (χ3n) is 4.72. The SMILES string of the molecule is Nc1nn(-c2ccc(Oc3ccccc3)cc2)c2cc(-c3ccccc3)ncc12. The maximum atomic E-state index is 6.14. The van der Waals surface area contributed by atoms with Crippen LogP contribution in [-0.2, 0) is 0 Å². The number of anilines is 1. The van der Waals surface area contributed by atoms with Crippen LogP contribution in [0.15, 0.2) is 97.2 Å². The molecule has 2 N–H and O–H groups in total. The van der Waals surface area contributed by atoms with E-state index in [0.29, 0.717) is 5.82 Å². The fourth-order valence-electron chi connectivity index (χ4n) is 3.28. The molecule has 3 aromatic carbocycles. The highest BCUT2D eigenvalue weighted by atomic mass is 16.5. The van der Waals surface area contributed by atoms with Crippen LogP contribution in [0.2, 0.25) is 0 Å². The average molecular weight is 378 g/mol. The Hall–Kier alpha value is -4.12. The Kier molecular flexibility index (Phi) is 4.18. The van der Waals surface area contributed by atoms with Crippen molar-refractivity contribution in [3.63, 3.8) is 0 Å². The molecular formula is C24H18N4O. The summed E-state index contributed by atoms with van der Waals surface area (Å²) < 4.78 is 7.71. The number of pyridine rings is 1. The van der Waals surface area contributed by atoms with E-state index in [4.69, 9.17) is 10.5 Å². The van der Waals surface area contributed by atoms with Gasteiger partial charge in [0, 0.05) is 11.8 Å². The van der Waals surface area contributed by atoms with Crippen molar-refractivity contribution in [2.45, 2.75) is 0 Å². The molecule has 2 heterocycles. The minimum atomic E-state index is 0.455. The monoisotopic (exact) mass is 378 g/mol. The molecule has 5 heteroatoms. The zero-order valence-electron chi connectivity index (χ0n) is 15.6. The molecule has 0 spiro atoms. The lowest BCUT2D eigenvalue weighted by Crippen LogP contribution is -1.97. The van der Waals surface area contributed by atoms with Gasteiger partial charge in [-0.1, -0.05) is 48.5 Å². The van der Waals surface area contributed by atoms with Gasteiger partial charge in [0.25, 0.3) is 0 Å². The lowest BCUT2D eigenvalue weighted by Gasteiger charge is -2.08. The van der Waals surface area contributed by atoms with Gasteiger partial charge >= 0.3 is 0 Å². The molecule has 0 saturated carbocycles. The summed E-state index contributed by atoms with van der Waals surface area (Å²) in [7, 11) is 0. The largest absolute Gasteiger partial charge is 0.457 e. The molecule has 0 aliphatic carbocycles. The van der Waals surface area contributed by atoms with Crippen molar-refractivity contribution in [3.05, 3.63) is 97.2 Å². The number of aromatic nitrogens is 3. The smallest absolute Gasteiger partial charge is 0.155 e. The number of ether oxygens (including phenoxy) is 1. The van der Waals surface area contributed by atoms with Crippen LogP contribution in [0.4, 0.5) is 5.82 Å². The average Bonchev–Trinajstić information content (AvgIpc) is 3.11. The molecule has 5 nitrogen and oxygen atoms in total. The van der Waals surface area contributed by atoms with Gasteiger partial charge in [0.15, 0.2) is 5.82 Å². The first kappa shape index (κ1) is 17.0. The zero-order chi connectivity index (χ0) is 19.6. The van der Waals surface area contributed by atoms with Crippen molar-refractivity contribution in [2.24, 2.45) is 0 Å². The Labute approximate surface area is 168 Å². The fraction of sp³-hybridized carbons (Fsp3) is 0. The summed E-state index contributed by atoms with van der Waals surface area (Å²) in [6.07, 6.45) is 1.78. The fourth-order valence-corrected chi connectivity index (χ4v) is 3.28. The molecule has 140 valence electrons. The number of para-hydroxylation sites is 1. The molecule has 0 bridgehead atoms. The third kappa shape index (κ3) is 3.30. The van der Waals surface area contributed by atoms with E-state index < -0.39 is 0 Å². The normalized spacial score (nSPS) is 10.9. The van der Waals surface area contributed by atoms with E-state index in [1.807, 2.05) is 95.7 Å². The van der Waals surface area contributed by atoms with Crippen LogP contribution in [0, 0.1) is 0 Å². The second kappa shape index (κ2) is 7.13. The quantitative estimate of drug-likeness (QED) is 0.451. The van der Waals surface area contributed by atoms with E-state index in [9.17, 15) is 0 Å². The zero-order valence-corrected chi connectivity index (χ0v) is 15.6. The van der Waals surface area contributed by atoms with Gasteiger partial charge in [0.05, 0.1) is 22.3 Å². The van der Waals surface area contributed by atoms with Crippen LogP contribution in [0.25, 0.3) is 27.8 Å². The highest BCUT2D eigenvalue weighted by Gasteiger charge is 2.12. The Morgan fingerprint density at radius 3 is 2.14 bits per heavy atom. The van der Waals surface area contributed by atoms with Crippen molar-refractivity contribution < 1.29 is 4.74 Å². The maximum Gasteiger partial charge on any atom is 0.155 e. The van der Waals surface area contributed by atoms with Gasteiger partial charge < -0.3 is 10.5 Å². The maximum absolute atomic E-state index is 6.14. The lowest BCUT2D eigenvalue weighted by atomic mass is 10.1. The highest BCUT2D eigenvalue weighted by Crippen LogP contribution is 2.28. The molecule has 29 heavy (non-hydrogen) atoms. The topological polar surface area (TPSA) is 66.0 Å². The molecule has 0 fully saturated rings. The molecule has 0 aliphatic heterocycles. The summed E-state index contributed by atoms with van der Waals surface area (Å²) in [5.41, 5.74) is 9.88. The summed E-state index contributed by atoms with van der Waals surface area (Å²) in [6.45, 7) is 0. The Morgan fingerprint density at radius 1 is 0.759 bits per heavy atom. The number of hydrogen-bond donors (Lipinski definition) is 1. The first-order valence-corrected chi connectivity index (χ1v) is 9.31. The van der Waals surface area contributed by atoms with Crippen LogP contribution in [0.5, 0.6) is 11.5 Å². The van der Waals surface area contributed by atoms with Gasteiger partial charge in [0.1, 0.15) is 11.5 Å². The van der Waals surface area contributed by atoms with Crippen molar-refractivity contribution in [1.82, 2.24) is 14.8 Å². The van der Waals surface area contributed by atoms with Gasteiger partial charge in [-0.05, 0) is 42.5 Å². The summed E-state index contributed by atoms with van der Waals surface area (Å²) in [5.74, 6) is 2.01. The van der Waals surface area contributed by atoms with Gasteiger partial charge in [0.2, 0.25) is 0 Å². The second-order valence-electron chi connectivity index (χ2n) is 6.66. The predicted molar refractivity (Wildman–Crippen MR) is 115 cm³/mol. The number of benzene rings is 3. The van der Waals surface area contributed by atoms with Gasteiger partial charge in [-0.15, -0.1) is 5.10 Å². The summed E-state index contributed by atoms with van der Waals surface area (Å²) in [6, 6.07) is 29.5. The lowest BCUT2D eigenvalue weighted by molar-refractivity contribution is 0.482. The minimum absolute atomic E-state index is 0.455. The second-order valence-corrected chi connectivity index (χ2v) is 6.66. The van der Waals surface area contributed by atoms with Crippen molar-refractivity contribution in [1.29, 1.82) is 0 Å². The van der Waals surface area contributed by atoms with E-state index in [1.54, 1.807) is 6.20 Å². The number of hydrogen-bond acceptors (Lipinski definition) is 4. The van der Waals surface area contributed by atoms with E-state index >= 15 is 0 Å². The van der Waals surface area contributed by atoms with Gasteiger partial charge in [-0.3, -0.25) is 4.98 Å². The van der Waals surface area contributed by atoms with Crippen molar-refractivity contribution in [3.8, 4) is 28.4 Å². The first-order valence-electron chi connectivity index (χ1n) is 9.31. The number of nitrogens with zero attached hydrogens (tertiary/aromatic N) is 3. The van der Waals surface area contributed by atoms with E-state index in [0.717, 1.165) is 39.3 Å². The summed E-state index contributed by atoms with van der Waals surface area (Å²) >= 11 is 0. The van der Waals surface area contributed by atoms with Gasteiger partial charge in [-0.25, -0.2) is 4.68 Å². The molecule has 0 unspecified atom stereocenters. The standard InChI is InChI=1S/C24H18N4O/c25-24-21-16-26-22(17-7-3-1-4-8-17)15-23(21)28(27-24)18-11-13-20(14-12-18)29-19-9-5-2-6-10-19/h1-16H,(H2,25,27). The molecule has 5 aromatic rings. The van der Waals surface area contributed by atoms with E-state index in [1.165, 1.54) is 0 Å². The Balaban J connectivity index is 1.52. The van der Waals surface area contributed by atoms with Gasteiger partial charge in [-0.2, -0.15) is 0 Å². The van der Waals surface area contributed by atoms with Crippen LogP contribution in [0.3, 0.4) is 0 Å². The molecular weight excluding hydrogens is 360 g/mol. The van der Waals surface area contributed by atoms with E-state index in [2.05, 4.69) is 10.1 Å². The number of rotatable bonds is 4. The Morgan fingerprint density at radius 2 is 1.41 bits per heavy atom. The molecule has 2 aromatic heterocycles. The summed E-state index contributed by atoms with van der Waals surface area (Å²) in [4.78, 5) is 4.55. The van der Waals surface area contributed by atoms with Crippen LogP contribution in [0.1, 0.15) is 0 Å². The van der Waals surface area contributed by atoms with Crippen LogP contribution in [-0.4, -0.2) is 14.8 Å². The van der Waals surface area contributed by atoms with Crippen LogP contribution < -0.4 is 10.5 Å². The molecule has 0 atom stereocenters. The number of fused-ring (bicyclic) bond motifs is 1. The summed E-state index contributed by atoms with van der Waals surface area (Å²) in [5, 5.41) is 5.35. The van der Waals surface area contributed by atoms with Crippen molar-refractivity contribution >= 4 is 16.7 Å². The third-order valence-corrected chi connectivity index (χ3v) is 4.72. The molecule has 0 amide bonds. The Bertz CT molecular complexity index is 1260. The molecule has 5 rings (SSSR count). The number of nitrogens with two attached hydrogens (primary N) is 1. The first-order chi connectivity index (χ1) is 14.3. The molecule has 0 aliphatic rings. The van der Waals surface area contributed by atoms with Crippen molar-refractivity contribution in [2.75, 3.05) is 5.73 Å². The molecule has 0 radical (unpaired) electrons. The van der Waals surface area contributed by atoms with Crippen LogP contribution >= 0.6 is 0 Å².